The molecule has 1 saturated heterocycles. The highest BCUT2D eigenvalue weighted by Crippen LogP contribution is 2.34. The summed E-state index contributed by atoms with van der Waals surface area (Å²) >= 11 is -1.27. The molecule has 1 unspecified atom stereocenters. The summed E-state index contributed by atoms with van der Waals surface area (Å²) in [5.41, 5.74) is 4.54. The van der Waals surface area contributed by atoms with Gasteiger partial charge in [0.05, 0.1) is 5.69 Å². The maximum absolute atomic E-state index is 13.6. The van der Waals surface area contributed by atoms with Gasteiger partial charge in [0.25, 0.3) is 0 Å². The Morgan fingerprint density at radius 1 is 1.03 bits per heavy atom. The minimum atomic E-state index is -1.27. The number of piperidine rings is 1. The molecule has 8 heteroatoms. The number of pyridine rings is 1. The first-order valence-electron chi connectivity index (χ1n) is 12.1. The van der Waals surface area contributed by atoms with Crippen LogP contribution in [0.4, 0.5) is 10.2 Å². The van der Waals surface area contributed by atoms with Crippen molar-refractivity contribution in [1.29, 1.82) is 0 Å². The van der Waals surface area contributed by atoms with E-state index in [4.69, 9.17) is 0 Å². The molecule has 6 nitrogen and oxygen atoms in total. The van der Waals surface area contributed by atoms with Gasteiger partial charge in [-0.25, -0.2) is 9.37 Å². The van der Waals surface area contributed by atoms with Crippen molar-refractivity contribution < 1.29 is 8.94 Å². The fourth-order valence-electron chi connectivity index (χ4n) is 4.82. The number of nitrogens with one attached hydrogen (secondary N) is 1. The van der Waals surface area contributed by atoms with E-state index in [0.29, 0.717) is 16.9 Å². The fraction of sp³-hybridized carbons (Fsp3) is 0.286. The first-order chi connectivity index (χ1) is 17.5. The standard InChI is InChI=1S/C28H30FN5OS/c1-33-27(26(32-28(33)36(2)35)21-8-10-23(29)11-9-21)22-12-15-30-25(18-22)31-24-13-16-34(17-14-24)19-20-6-4-3-5-7-20/h3-12,15,18,24H,13-14,16-17,19H2,1-2H3,(H,30,31). The zero-order valence-electron chi connectivity index (χ0n) is 20.5. The van der Waals surface area contributed by atoms with Crippen molar-refractivity contribution in [1.82, 2.24) is 19.4 Å². The lowest BCUT2D eigenvalue weighted by Gasteiger charge is -2.32. The predicted molar refractivity (Wildman–Crippen MR) is 143 cm³/mol. The van der Waals surface area contributed by atoms with Gasteiger partial charge in [-0.2, -0.15) is 4.98 Å². The van der Waals surface area contributed by atoms with Gasteiger partial charge in [0, 0.05) is 61.2 Å². The Hall–Kier alpha value is -3.20. The number of rotatable bonds is 7. The van der Waals surface area contributed by atoms with Gasteiger partial charge in [0.15, 0.2) is 0 Å². The Balaban J connectivity index is 1.34. The SMILES string of the molecule is Cn1c([S+](C)[O-])nc(-c2ccc(F)cc2)c1-c1ccnc(NC2CCN(Cc3ccccc3)CC2)c1. The Kier molecular flexibility index (Phi) is 7.36. The van der Waals surface area contributed by atoms with E-state index in [9.17, 15) is 8.94 Å². The van der Waals surface area contributed by atoms with Gasteiger partial charge in [-0.3, -0.25) is 9.47 Å². The van der Waals surface area contributed by atoms with E-state index in [-0.39, 0.29) is 5.82 Å². The minimum absolute atomic E-state index is 0.305. The number of nitrogens with zero attached hydrogens (tertiary/aromatic N) is 4. The molecule has 1 N–H and O–H groups in total. The second-order valence-electron chi connectivity index (χ2n) is 9.22. The van der Waals surface area contributed by atoms with Gasteiger partial charge in [-0.05, 0) is 54.8 Å². The largest absolute Gasteiger partial charge is 0.609 e. The molecule has 1 atom stereocenters. The van der Waals surface area contributed by atoms with Gasteiger partial charge in [-0.1, -0.05) is 30.3 Å². The molecule has 2 aromatic carbocycles. The molecule has 2 aromatic heterocycles. The van der Waals surface area contributed by atoms with Crippen LogP contribution in [-0.4, -0.2) is 49.4 Å². The smallest absolute Gasteiger partial charge is 0.323 e. The summed E-state index contributed by atoms with van der Waals surface area (Å²) in [4.78, 5) is 11.7. The summed E-state index contributed by atoms with van der Waals surface area (Å²) in [6.45, 7) is 3.05. The number of hydrogen-bond acceptors (Lipinski definition) is 5. The van der Waals surface area contributed by atoms with E-state index < -0.39 is 11.2 Å². The highest BCUT2D eigenvalue weighted by molar-refractivity contribution is 7.90. The number of likely N-dealkylation sites (tertiary alicyclic amines) is 1. The van der Waals surface area contributed by atoms with Crippen LogP contribution < -0.4 is 5.32 Å². The molecule has 1 aliphatic heterocycles. The molecule has 0 bridgehead atoms. The summed E-state index contributed by atoms with van der Waals surface area (Å²) in [6.07, 6.45) is 5.49. The van der Waals surface area contributed by atoms with Crippen LogP contribution in [0, 0.1) is 5.82 Å². The predicted octanol–water partition coefficient (Wildman–Crippen LogP) is 5.10. The normalized spacial score (nSPS) is 15.7. The molecule has 1 fully saturated rings. The lowest BCUT2D eigenvalue weighted by atomic mass is 10.0. The van der Waals surface area contributed by atoms with Gasteiger partial charge < -0.3 is 9.87 Å². The molecule has 0 radical (unpaired) electrons. The highest BCUT2D eigenvalue weighted by atomic mass is 32.2. The molecule has 3 heterocycles. The van der Waals surface area contributed by atoms with Crippen LogP contribution in [0.3, 0.4) is 0 Å². The Morgan fingerprint density at radius 3 is 2.44 bits per heavy atom. The quantitative estimate of drug-likeness (QED) is 0.355. The molecule has 4 aromatic rings. The molecule has 36 heavy (non-hydrogen) atoms. The van der Waals surface area contributed by atoms with E-state index in [0.717, 1.165) is 55.1 Å². The average molecular weight is 504 g/mol. The number of halogens is 1. The summed E-state index contributed by atoms with van der Waals surface area (Å²) in [7, 11) is 1.86. The highest BCUT2D eigenvalue weighted by Gasteiger charge is 2.24. The average Bonchev–Trinajstić information content (AvgIpc) is 3.24. The second-order valence-corrected chi connectivity index (χ2v) is 10.5. The van der Waals surface area contributed by atoms with Crippen LogP contribution in [0.2, 0.25) is 0 Å². The fourth-order valence-corrected chi connectivity index (χ4v) is 5.51. The van der Waals surface area contributed by atoms with E-state index in [1.54, 1.807) is 24.6 Å². The van der Waals surface area contributed by atoms with Crippen LogP contribution in [0.15, 0.2) is 78.1 Å². The third kappa shape index (κ3) is 5.46. The van der Waals surface area contributed by atoms with E-state index in [1.165, 1.54) is 17.7 Å². The lowest BCUT2D eigenvalue weighted by molar-refractivity contribution is 0.211. The van der Waals surface area contributed by atoms with Crippen LogP contribution in [0.25, 0.3) is 22.5 Å². The third-order valence-corrected chi connectivity index (χ3v) is 7.53. The van der Waals surface area contributed by atoms with Crippen molar-refractivity contribution in [3.8, 4) is 22.5 Å². The van der Waals surface area contributed by atoms with Crippen molar-refractivity contribution in [2.75, 3.05) is 24.7 Å². The number of benzene rings is 2. The molecule has 0 saturated carbocycles. The van der Waals surface area contributed by atoms with Crippen LogP contribution >= 0.6 is 0 Å². The molecular weight excluding hydrogens is 473 g/mol. The van der Waals surface area contributed by atoms with Gasteiger partial charge >= 0.3 is 5.16 Å². The zero-order valence-corrected chi connectivity index (χ0v) is 21.3. The Labute approximate surface area is 214 Å². The molecule has 1 aliphatic rings. The maximum Gasteiger partial charge on any atom is 0.323 e. The van der Waals surface area contributed by atoms with E-state index in [2.05, 4.69) is 50.5 Å². The Bertz CT molecular complexity index is 1300. The van der Waals surface area contributed by atoms with E-state index in [1.807, 2.05) is 23.7 Å². The van der Waals surface area contributed by atoms with Gasteiger partial charge in [0.2, 0.25) is 0 Å². The van der Waals surface area contributed by atoms with Crippen molar-refractivity contribution in [3.63, 3.8) is 0 Å². The monoisotopic (exact) mass is 503 g/mol. The van der Waals surface area contributed by atoms with Crippen molar-refractivity contribution in [2.24, 2.45) is 7.05 Å². The molecule has 0 spiro atoms. The first kappa shape index (κ1) is 24.5. The number of aromatic nitrogens is 3. The maximum atomic E-state index is 13.6. The summed E-state index contributed by atoms with van der Waals surface area (Å²) < 4.78 is 27.8. The van der Waals surface area contributed by atoms with E-state index >= 15 is 0 Å². The third-order valence-electron chi connectivity index (χ3n) is 6.65. The van der Waals surface area contributed by atoms with Gasteiger partial charge in [0.1, 0.15) is 23.6 Å². The van der Waals surface area contributed by atoms with Gasteiger partial charge in [-0.15, -0.1) is 0 Å². The zero-order chi connectivity index (χ0) is 25.1. The molecule has 0 amide bonds. The summed E-state index contributed by atoms with van der Waals surface area (Å²) in [6, 6.07) is 21.1. The summed E-state index contributed by atoms with van der Waals surface area (Å²) in [5.74, 6) is 0.500. The first-order valence-corrected chi connectivity index (χ1v) is 13.7. The van der Waals surface area contributed by atoms with Crippen LogP contribution in [-0.2, 0) is 24.8 Å². The molecule has 186 valence electrons. The minimum Gasteiger partial charge on any atom is -0.609 e. The number of anilines is 1. The topological polar surface area (TPSA) is 69.0 Å². The van der Waals surface area contributed by atoms with Crippen LogP contribution in [0.1, 0.15) is 18.4 Å². The molecule has 5 rings (SSSR count). The van der Waals surface area contributed by atoms with Crippen molar-refractivity contribution in [2.45, 2.75) is 30.6 Å². The van der Waals surface area contributed by atoms with Crippen LogP contribution in [0.5, 0.6) is 0 Å². The van der Waals surface area contributed by atoms with Crippen molar-refractivity contribution in [3.05, 3.63) is 84.3 Å². The molecule has 0 aliphatic carbocycles. The molecular formula is C28H30FN5OS. The summed E-state index contributed by atoms with van der Waals surface area (Å²) in [5, 5.41) is 4.09. The van der Waals surface area contributed by atoms with Crippen molar-refractivity contribution >= 4 is 17.0 Å². The second kappa shape index (κ2) is 10.8. The Morgan fingerprint density at radius 2 is 1.75 bits per heavy atom. The lowest BCUT2D eigenvalue weighted by Crippen LogP contribution is -2.38. The number of imidazole rings is 1. The number of hydrogen-bond donors (Lipinski definition) is 1.